The predicted molar refractivity (Wildman–Crippen MR) is 221 cm³/mol. The Balaban J connectivity index is 0.872. The van der Waals surface area contributed by atoms with Crippen molar-refractivity contribution >= 4 is 68.7 Å². The first-order chi connectivity index (χ1) is 28.3. The van der Waals surface area contributed by atoms with Gasteiger partial charge in [0.05, 0.1) is 29.7 Å². The van der Waals surface area contributed by atoms with Gasteiger partial charge in [-0.2, -0.15) is 10.1 Å². The van der Waals surface area contributed by atoms with Gasteiger partial charge in [-0.1, -0.05) is 23.7 Å². The summed E-state index contributed by atoms with van der Waals surface area (Å²) in [4.78, 5) is 67.2. The number of piperidine rings is 3. The van der Waals surface area contributed by atoms with Crippen molar-refractivity contribution in [2.24, 2.45) is 18.7 Å². The maximum absolute atomic E-state index is 16.1. The summed E-state index contributed by atoms with van der Waals surface area (Å²) in [5.41, 5.74) is 7.49. The Morgan fingerprint density at radius 3 is 2.53 bits per heavy atom. The molecule has 8 rings (SSSR count). The minimum Gasteiger partial charge on any atom is -0.478 e. The van der Waals surface area contributed by atoms with Crippen LogP contribution in [0.1, 0.15) is 81.5 Å². The number of nitrogens with two attached hydrogens (primary N) is 1. The van der Waals surface area contributed by atoms with Gasteiger partial charge < -0.3 is 25.6 Å². The molecule has 3 aliphatic rings. The molecule has 0 spiro atoms. The van der Waals surface area contributed by atoms with Crippen LogP contribution >= 0.6 is 11.6 Å². The Labute approximate surface area is 344 Å². The summed E-state index contributed by atoms with van der Waals surface area (Å²) in [5, 5.41) is 11.8. The predicted octanol–water partition coefficient (Wildman–Crippen LogP) is 4.67. The lowest BCUT2D eigenvalue weighted by molar-refractivity contribution is -0.134. The van der Waals surface area contributed by atoms with Crippen LogP contribution in [0.4, 0.5) is 21.8 Å². The van der Waals surface area contributed by atoms with Gasteiger partial charge in [0.1, 0.15) is 16.2 Å². The fraction of sp³-hybridized carbons (Fsp3) is 0.463. The number of nitrogens with one attached hydrogen (secondary N) is 2. The van der Waals surface area contributed by atoms with Crippen molar-refractivity contribution in [3.63, 3.8) is 0 Å². The molecule has 0 radical (unpaired) electrons. The highest BCUT2D eigenvalue weighted by Crippen LogP contribution is 2.37. The van der Waals surface area contributed by atoms with Gasteiger partial charge in [0.25, 0.3) is 11.5 Å². The van der Waals surface area contributed by atoms with Crippen LogP contribution < -0.4 is 31.6 Å². The lowest BCUT2D eigenvalue weighted by atomic mass is 9.86. The number of likely N-dealkylation sites (tertiary alicyclic amines) is 1. The Bertz CT molecular complexity index is 2510. The summed E-state index contributed by atoms with van der Waals surface area (Å²) in [6.07, 6.45) is 7.43. The molecule has 1 aromatic carbocycles. The zero-order valence-electron chi connectivity index (χ0n) is 33.2. The van der Waals surface area contributed by atoms with E-state index in [-0.39, 0.29) is 41.8 Å². The van der Waals surface area contributed by atoms with Crippen LogP contribution in [0, 0.1) is 11.7 Å². The number of primary amides is 1. The molecule has 0 aliphatic carbocycles. The number of carbonyl (C=O) groups is 3. The standard InChI is InChI=1S/C41H47ClFN11O5/c1-22(2)54-38-25(17-31(40(54)58)59-21-32(44)55)16-26(18-45-38)47-37-30(42)19-46-41(49-37)53-14-8-23(9-15-53)20-52-12-10-24(11-13-52)27-4-5-28-35(50-51(3)36(28)34(27)43)29-6-7-33(56)48-39(29)57/h4-5,16-19,22-24,29H,6-15,20-21H2,1-3H3,(H2,44,55)(H,46,47,49)(H,48,56,57). The van der Waals surface area contributed by atoms with Crippen molar-refractivity contribution in [2.75, 3.05) is 49.5 Å². The number of halogens is 2. The number of rotatable bonds is 11. The van der Waals surface area contributed by atoms with Gasteiger partial charge in [-0.15, -0.1) is 0 Å². The highest BCUT2D eigenvalue weighted by Gasteiger charge is 2.34. The van der Waals surface area contributed by atoms with E-state index in [4.69, 9.17) is 27.1 Å². The third-order valence-electron chi connectivity index (χ3n) is 11.7. The first-order valence-corrected chi connectivity index (χ1v) is 20.4. The Morgan fingerprint density at radius 2 is 1.81 bits per heavy atom. The fourth-order valence-corrected chi connectivity index (χ4v) is 8.88. The molecule has 18 heteroatoms. The molecule has 59 heavy (non-hydrogen) atoms. The second-order valence-electron chi connectivity index (χ2n) is 16.0. The van der Waals surface area contributed by atoms with E-state index in [2.05, 4.69) is 35.5 Å². The highest BCUT2D eigenvalue weighted by molar-refractivity contribution is 6.33. The maximum atomic E-state index is 16.1. The van der Waals surface area contributed by atoms with E-state index >= 15 is 4.39 Å². The SMILES string of the molecule is CC(C)n1c(=O)c(OCC(N)=O)cc2cc(Nc3nc(N4CCC(CN5CCC(c6ccc7c(C8CCC(=O)NC8=O)nn(C)c7c6F)CC5)CC4)ncc3Cl)cnc21. The van der Waals surface area contributed by atoms with Gasteiger partial charge in [0.15, 0.2) is 24.0 Å². The number of imide groups is 1. The summed E-state index contributed by atoms with van der Waals surface area (Å²) in [6.45, 7) is 7.61. The largest absolute Gasteiger partial charge is 0.478 e. The van der Waals surface area contributed by atoms with Crippen LogP contribution in [-0.4, -0.2) is 91.3 Å². The minimum absolute atomic E-state index is 0.00171. The molecule has 0 saturated carbocycles. The van der Waals surface area contributed by atoms with Crippen molar-refractivity contribution in [1.82, 2.24) is 39.5 Å². The molecule has 16 nitrogen and oxygen atoms in total. The first kappa shape index (κ1) is 40.1. The molecule has 5 aromatic rings. The number of fused-ring (bicyclic) bond motifs is 2. The Hall–Kier alpha value is -5.68. The summed E-state index contributed by atoms with van der Waals surface area (Å²) < 4.78 is 24.6. The molecule has 4 aromatic heterocycles. The van der Waals surface area contributed by atoms with E-state index in [9.17, 15) is 19.2 Å². The lowest BCUT2D eigenvalue weighted by Gasteiger charge is -2.38. The minimum atomic E-state index is -0.689. The van der Waals surface area contributed by atoms with Crippen molar-refractivity contribution in [3.05, 3.63) is 69.1 Å². The molecule has 3 saturated heterocycles. The Morgan fingerprint density at radius 1 is 1.05 bits per heavy atom. The third-order valence-corrected chi connectivity index (χ3v) is 12.0. The smallest absolute Gasteiger partial charge is 0.294 e. The monoisotopic (exact) mass is 827 g/mol. The molecule has 0 bridgehead atoms. The van der Waals surface area contributed by atoms with E-state index < -0.39 is 24.0 Å². The summed E-state index contributed by atoms with van der Waals surface area (Å²) in [7, 11) is 1.70. The molecule has 3 amide bonds. The molecule has 3 fully saturated rings. The second-order valence-corrected chi connectivity index (χ2v) is 16.5. The molecule has 7 heterocycles. The van der Waals surface area contributed by atoms with Crippen molar-refractivity contribution in [2.45, 2.75) is 70.3 Å². The number of nitrogens with zero attached hydrogens (tertiary/aromatic N) is 8. The third kappa shape index (κ3) is 8.17. The van der Waals surface area contributed by atoms with E-state index in [1.54, 1.807) is 31.6 Å². The molecule has 3 aliphatic heterocycles. The topological polar surface area (TPSA) is 195 Å². The molecule has 1 atom stereocenters. The quantitative estimate of drug-likeness (QED) is 0.156. The van der Waals surface area contributed by atoms with Crippen LogP contribution in [0.5, 0.6) is 5.75 Å². The number of carbonyl (C=O) groups excluding carboxylic acids is 3. The van der Waals surface area contributed by atoms with Gasteiger partial charge in [0.2, 0.25) is 17.8 Å². The normalized spacial score (nSPS) is 18.5. The van der Waals surface area contributed by atoms with Gasteiger partial charge in [-0.25, -0.2) is 14.4 Å². The summed E-state index contributed by atoms with van der Waals surface area (Å²) in [5.74, 6) is -0.643. The second kappa shape index (κ2) is 16.5. The fourth-order valence-electron chi connectivity index (χ4n) is 8.74. The average Bonchev–Trinajstić information content (AvgIpc) is 3.54. The summed E-state index contributed by atoms with van der Waals surface area (Å²) in [6, 6.07) is 6.87. The number of pyridine rings is 2. The molecular formula is C41H47ClFN11O5. The highest BCUT2D eigenvalue weighted by atomic mass is 35.5. The van der Waals surface area contributed by atoms with E-state index in [0.717, 1.165) is 58.4 Å². The molecule has 310 valence electrons. The molecule has 4 N–H and O–H groups in total. The van der Waals surface area contributed by atoms with E-state index in [0.29, 0.717) is 68.0 Å². The number of aromatic nitrogens is 6. The number of aryl methyl sites for hydroxylation is 1. The zero-order valence-corrected chi connectivity index (χ0v) is 34.0. The van der Waals surface area contributed by atoms with Gasteiger partial charge >= 0.3 is 0 Å². The number of amides is 3. The number of benzene rings is 1. The van der Waals surface area contributed by atoms with Crippen LogP contribution in [0.3, 0.4) is 0 Å². The lowest BCUT2D eigenvalue weighted by Crippen LogP contribution is -2.41. The van der Waals surface area contributed by atoms with E-state index in [1.807, 2.05) is 26.0 Å². The maximum Gasteiger partial charge on any atom is 0.294 e. The van der Waals surface area contributed by atoms with Gasteiger partial charge in [-0.3, -0.25) is 33.7 Å². The number of hydrogen-bond donors (Lipinski definition) is 3. The van der Waals surface area contributed by atoms with Crippen molar-refractivity contribution in [1.29, 1.82) is 0 Å². The van der Waals surface area contributed by atoms with Crippen LogP contribution in [-0.2, 0) is 21.4 Å². The van der Waals surface area contributed by atoms with E-state index in [1.165, 1.54) is 9.25 Å². The molecule has 1 unspecified atom stereocenters. The van der Waals surface area contributed by atoms with Crippen molar-refractivity contribution in [3.8, 4) is 5.75 Å². The average molecular weight is 828 g/mol. The van der Waals surface area contributed by atoms with Gasteiger partial charge in [-0.05, 0) is 88.6 Å². The molecular weight excluding hydrogens is 781 g/mol. The summed E-state index contributed by atoms with van der Waals surface area (Å²) >= 11 is 6.56. The zero-order chi connectivity index (χ0) is 41.5. The van der Waals surface area contributed by atoms with Crippen LogP contribution in [0.2, 0.25) is 5.02 Å². The van der Waals surface area contributed by atoms with Crippen molar-refractivity contribution < 1.29 is 23.5 Å². The first-order valence-electron chi connectivity index (χ1n) is 20.1. The van der Waals surface area contributed by atoms with Crippen LogP contribution in [0.15, 0.2) is 41.5 Å². The Kier molecular flexibility index (Phi) is 11.2. The van der Waals surface area contributed by atoms with Crippen LogP contribution in [0.25, 0.3) is 21.9 Å². The number of hydrogen-bond acceptors (Lipinski definition) is 12. The number of ether oxygens (including phenoxy) is 1. The number of anilines is 3. The van der Waals surface area contributed by atoms with Gasteiger partial charge in [0, 0.05) is 49.9 Å².